The van der Waals surface area contributed by atoms with Crippen molar-refractivity contribution in [2.75, 3.05) is 24.2 Å². The maximum absolute atomic E-state index is 11.7. The van der Waals surface area contributed by atoms with Gasteiger partial charge in [-0.25, -0.2) is 8.42 Å². The van der Waals surface area contributed by atoms with Crippen LogP contribution >= 0.6 is 0 Å². The summed E-state index contributed by atoms with van der Waals surface area (Å²) >= 11 is 0. The van der Waals surface area contributed by atoms with Gasteiger partial charge in [0, 0.05) is 25.0 Å². The van der Waals surface area contributed by atoms with E-state index >= 15 is 0 Å². The second-order valence-electron chi connectivity index (χ2n) is 5.85. The summed E-state index contributed by atoms with van der Waals surface area (Å²) in [6.07, 6.45) is 2.95. The Labute approximate surface area is 136 Å². The molecule has 0 saturated carbocycles. The van der Waals surface area contributed by atoms with Crippen LogP contribution in [0.4, 0.5) is 5.69 Å². The Morgan fingerprint density at radius 2 is 1.65 bits per heavy atom. The van der Waals surface area contributed by atoms with E-state index in [1.807, 2.05) is 36.4 Å². The fraction of sp³-hybridized carbons (Fsp3) is 0.278. The minimum Gasteiger partial charge on any atom is -0.371 e. The first-order chi connectivity index (χ1) is 11.0. The lowest BCUT2D eigenvalue weighted by Crippen LogP contribution is -2.25. The summed E-state index contributed by atoms with van der Waals surface area (Å²) in [7, 11) is -3.17. The third-order valence-corrected chi connectivity index (χ3v) is 5.38. The zero-order valence-electron chi connectivity index (χ0n) is 13.0. The van der Waals surface area contributed by atoms with Gasteiger partial charge in [0.25, 0.3) is 0 Å². The molecule has 0 unspecified atom stereocenters. The molecule has 0 spiro atoms. The van der Waals surface area contributed by atoms with Crippen molar-refractivity contribution in [3.63, 3.8) is 0 Å². The highest BCUT2D eigenvalue weighted by Gasteiger charge is 2.17. The first-order valence-corrected chi connectivity index (χ1v) is 9.43. The van der Waals surface area contributed by atoms with E-state index < -0.39 is 9.84 Å². The Morgan fingerprint density at radius 1 is 1.00 bits per heavy atom. The average molecular weight is 326 g/mol. The van der Waals surface area contributed by atoms with Crippen LogP contribution in [0.5, 0.6) is 0 Å². The fourth-order valence-electron chi connectivity index (χ4n) is 2.94. The summed E-state index contributed by atoms with van der Waals surface area (Å²) in [5, 5.41) is 8.88. The first kappa shape index (κ1) is 15.6. The van der Waals surface area contributed by atoms with Crippen LogP contribution in [-0.4, -0.2) is 27.8 Å². The largest absolute Gasteiger partial charge is 0.371 e. The number of sulfone groups is 1. The molecular formula is C18H18N2O2S. The third kappa shape index (κ3) is 3.38. The molecule has 0 amide bonds. The number of anilines is 1. The van der Waals surface area contributed by atoms with Gasteiger partial charge in [-0.15, -0.1) is 0 Å². The van der Waals surface area contributed by atoms with Gasteiger partial charge in [0.1, 0.15) is 0 Å². The molecular weight excluding hydrogens is 308 g/mol. The monoisotopic (exact) mass is 326 g/mol. The summed E-state index contributed by atoms with van der Waals surface area (Å²) in [6.45, 7) is 1.73. The van der Waals surface area contributed by atoms with Crippen LogP contribution in [0.15, 0.2) is 47.4 Å². The van der Waals surface area contributed by atoms with E-state index in [2.05, 4.69) is 11.0 Å². The predicted molar refractivity (Wildman–Crippen MR) is 90.3 cm³/mol. The summed E-state index contributed by atoms with van der Waals surface area (Å²) in [5.74, 6) is 0. The normalized spacial score (nSPS) is 14.7. The van der Waals surface area contributed by atoms with Gasteiger partial charge in [-0.3, -0.25) is 0 Å². The van der Waals surface area contributed by atoms with E-state index in [4.69, 9.17) is 5.26 Å². The van der Waals surface area contributed by atoms with Gasteiger partial charge in [-0.2, -0.15) is 5.26 Å². The molecule has 1 aliphatic heterocycles. The van der Waals surface area contributed by atoms with Crippen molar-refractivity contribution in [3.8, 4) is 6.07 Å². The minimum atomic E-state index is -3.17. The quantitative estimate of drug-likeness (QED) is 0.851. The van der Waals surface area contributed by atoms with Gasteiger partial charge in [0.15, 0.2) is 9.84 Å². The van der Waals surface area contributed by atoms with E-state index in [9.17, 15) is 8.42 Å². The fourth-order valence-corrected chi connectivity index (χ4v) is 3.61. The second kappa shape index (κ2) is 6.05. The van der Waals surface area contributed by atoms with Crippen molar-refractivity contribution in [2.45, 2.75) is 17.7 Å². The van der Waals surface area contributed by atoms with E-state index in [0.29, 0.717) is 10.5 Å². The van der Waals surface area contributed by atoms with Gasteiger partial charge in [0.05, 0.1) is 16.5 Å². The van der Waals surface area contributed by atoms with Crippen molar-refractivity contribution < 1.29 is 8.42 Å². The van der Waals surface area contributed by atoms with Crippen molar-refractivity contribution in [1.29, 1.82) is 5.26 Å². The molecule has 118 valence electrons. The van der Waals surface area contributed by atoms with Gasteiger partial charge >= 0.3 is 0 Å². The van der Waals surface area contributed by atoms with Crippen molar-refractivity contribution in [3.05, 3.63) is 59.2 Å². The average Bonchev–Trinajstić information content (AvgIpc) is 2.76. The first-order valence-electron chi connectivity index (χ1n) is 7.54. The lowest BCUT2D eigenvalue weighted by atomic mass is 10.0. The molecule has 1 aliphatic rings. The third-order valence-electron chi connectivity index (χ3n) is 4.27. The topological polar surface area (TPSA) is 61.2 Å². The number of nitrogens with zero attached hydrogens (tertiary/aromatic N) is 2. The Morgan fingerprint density at radius 3 is 2.26 bits per heavy atom. The highest BCUT2D eigenvalue weighted by Crippen LogP contribution is 2.23. The Balaban J connectivity index is 1.83. The van der Waals surface area contributed by atoms with Crippen LogP contribution in [0, 0.1) is 11.3 Å². The molecule has 4 nitrogen and oxygen atoms in total. The maximum atomic E-state index is 11.7. The molecule has 0 fully saturated rings. The molecule has 2 aromatic rings. The lowest BCUT2D eigenvalue weighted by molar-refractivity contribution is 0.601. The van der Waals surface area contributed by atoms with Gasteiger partial charge in [0.2, 0.25) is 0 Å². The number of nitriles is 1. The Kier molecular flexibility index (Phi) is 4.10. The smallest absolute Gasteiger partial charge is 0.175 e. The van der Waals surface area contributed by atoms with Crippen LogP contribution in [0.2, 0.25) is 0 Å². The standard InChI is InChI=1S/C18H18N2O2S/c1-23(21,22)18-7-4-15-8-10-20(11-9-16(15)12-18)17-5-2-14(13-19)3-6-17/h2-7,12H,8-11H2,1H3. The van der Waals surface area contributed by atoms with Crippen molar-refractivity contribution in [2.24, 2.45) is 0 Å². The summed E-state index contributed by atoms with van der Waals surface area (Å²) in [6, 6.07) is 15.2. The number of fused-ring (bicyclic) bond motifs is 1. The highest BCUT2D eigenvalue weighted by atomic mass is 32.2. The minimum absolute atomic E-state index is 0.392. The van der Waals surface area contributed by atoms with E-state index in [1.54, 1.807) is 6.07 Å². The summed E-state index contributed by atoms with van der Waals surface area (Å²) < 4.78 is 23.4. The van der Waals surface area contributed by atoms with Crippen LogP contribution < -0.4 is 4.90 Å². The molecule has 0 radical (unpaired) electrons. The lowest BCUT2D eigenvalue weighted by Gasteiger charge is -2.22. The van der Waals surface area contributed by atoms with Crippen molar-refractivity contribution >= 4 is 15.5 Å². The Bertz CT molecular complexity index is 865. The zero-order valence-corrected chi connectivity index (χ0v) is 13.8. The summed E-state index contributed by atoms with van der Waals surface area (Å²) in [5.41, 5.74) is 4.09. The van der Waals surface area contributed by atoms with Crippen LogP contribution in [-0.2, 0) is 22.7 Å². The molecule has 2 aromatic carbocycles. The maximum Gasteiger partial charge on any atom is 0.175 e. The molecule has 0 bridgehead atoms. The van der Waals surface area contributed by atoms with Gasteiger partial charge in [-0.05, 0) is 60.4 Å². The van der Waals surface area contributed by atoms with Crippen LogP contribution in [0.3, 0.4) is 0 Å². The van der Waals surface area contributed by atoms with Gasteiger partial charge in [-0.1, -0.05) is 6.07 Å². The molecule has 3 rings (SSSR count). The van der Waals surface area contributed by atoms with E-state index in [0.717, 1.165) is 37.2 Å². The molecule has 0 atom stereocenters. The number of hydrogen-bond acceptors (Lipinski definition) is 4. The van der Waals surface area contributed by atoms with Crippen molar-refractivity contribution in [1.82, 2.24) is 0 Å². The zero-order chi connectivity index (χ0) is 16.4. The molecule has 1 heterocycles. The van der Waals surface area contributed by atoms with Crippen LogP contribution in [0.1, 0.15) is 16.7 Å². The summed E-state index contributed by atoms with van der Waals surface area (Å²) in [4.78, 5) is 2.67. The number of hydrogen-bond donors (Lipinski definition) is 0. The SMILES string of the molecule is CS(=O)(=O)c1ccc2c(c1)CCN(c1ccc(C#N)cc1)CC2. The van der Waals surface area contributed by atoms with Crippen LogP contribution in [0.25, 0.3) is 0 Å². The predicted octanol–water partition coefficient (Wildman–Crippen LogP) is 2.57. The van der Waals surface area contributed by atoms with Gasteiger partial charge < -0.3 is 4.90 Å². The molecule has 23 heavy (non-hydrogen) atoms. The highest BCUT2D eigenvalue weighted by molar-refractivity contribution is 7.90. The molecule has 0 saturated heterocycles. The van der Waals surface area contributed by atoms with E-state index in [1.165, 1.54) is 11.8 Å². The second-order valence-corrected chi connectivity index (χ2v) is 7.86. The van der Waals surface area contributed by atoms with E-state index in [-0.39, 0.29) is 0 Å². The molecule has 0 aromatic heterocycles. The molecule has 0 N–H and O–H groups in total. The number of rotatable bonds is 2. The molecule has 5 heteroatoms. The molecule has 0 aliphatic carbocycles. The Hall–Kier alpha value is -2.32. The number of benzene rings is 2.